The SMILES string of the molecule is CC[C@H](C)[C@@H]([C@@H](CC(=O)N1CCC[C@H]1[C@H](OC)[C@@H](C)C(=O)N[C@H](C)[C@@H](O)c1ccccc1)OC)N(C)C(=O)[C@@H](NC(=O)[C@H](C(C)C)N(C)C(=O)OCc1ccc(NC(=O)[C@@H](C)CCCNC(N)=O)cc1)C(C)C. The number of methoxy groups -OCH3 is 2. The molecule has 1 saturated heterocycles. The number of rotatable bonds is 28. The molecular weight excluding hydrogens is 937 g/mol. The predicted octanol–water partition coefficient (Wildman–Crippen LogP) is 5.60. The average molecular weight is 1020 g/mol. The van der Waals surface area contributed by atoms with Crippen molar-refractivity contribution in [2.24, 2.45) is 35.3 Å². The third-order valence-corrected chi connectivity index (χ3v) is 14.2. The number of carbonyl (C=O) groups is 7. The van der Waals surface area contributed by atoms with Crippen LogP contribution in [0.3, 0.4) is 0 Å². The Morgan fingerprint density at radius 3 is 2.03 bits per heavy atom. The van der Waals surface area contributed by atoms with Gasteiger partial charge in [0, 0.05) is 53.0 Å². The number of benzene rings is 2. The largest absolute Gasteiger partial charge is 0.445 e. The number of hydrogen-bond acceptors (Lipinski definition) is 11. The highest BCUT2D eigenvalue weighted by atomic mass is 16.6. The molecule has 73 heavy (non-hydrogen) atoms. The van der Waals surface area contributed by atoms with Crippen molar-refractivity contribution in [3.05, 3.63) is 65.7 Å². The van der Waals surface area contributed by atoms with Crippen LogP contribution in [0.5, 0.6) is 0 Å². The van der Waals surface area contributed by atoms with Crippen molar-refractivity contribution >= 4 is 47.3 Å². The van der Waals surface area contributed by atoms with Crippen molar-refractivity contribution in [2.45, 2.75) is 156 Å². The molecule has 0 unspecified atom stereocenters. The van der Waals surface area contributed by atoms with Gasteiger partial charge in [-0.3, -0.25) is 28.9 Å². The monoisotopic (exact) mass is 1020 g/mol. The lowest BCUT2D eigenvalue weighted by Crippen LogP contribution is -2.60. The Balaban J connectivity index is 1.68. The highest BCUT2D eigenvalue weighted by Gasteiger charge is 2.44. The first-order valence-electron chi connectivity index (χ1n) is 25.8. The van der Waals surface area contributed by atoms with E-state index in [4.69, 9.17) is 19.9 Å². The minimum Gasteiger partial charge on any atom is -0.445 e. The molecule has 19 heteroatoms. The van der Waals surface area contributed by atoms with Gasteiger partial charge in [0.1, 0.15) is 18.7 Å². The van der Waals surface area contributed by atoms with Crippen molar-refractivity contribution in [2.75, 3.05) is 46.7 Å². The number of nitrogens with zero attached hydrogens (tertiary/aromatic N) is 3. The predicted molar refractivity (Wildman–Crippen MR) is 280 cm³/mol. The van der Waals surface area contributed by atoms with Crippen molar-refractivity contribution in [1.82, 2.24) is 30.7 Å². The maximum atomic E-state index is 14.7. The standard InChI is InChI=1S/C54H86N8O11/c1-14-34(6)46(42(71-12)30-43(63)62-29-19-23-41(62)48(72-13)36(8)50(66)57-37(9)47(64)39-21-16-15-17-22-39)60(10)52(68)44(32(2)3)59-51(67)45(33(4)5)61(11)54(70)73-31-38-24-26-40(27-25-38)58-49(65)35(7)20-18-28-56-53(55)69/h15-17,21-22,24-27,32-37,41-42,44-48,64H,14,18-20,23,28-31H2,1-13H3,(H,57,66)(H,58,65)(H,59,67)(H3,55,56,69)/t34-,35-,36+,37+,41-,42+,44-,45-,46-,47+,48+/m0/s1. The smallest absolute Gasteiger partial charge is 0.410 e. The first-order valence-corrected chi connectivity index (χ1v) is 25.8. The van der Waals surface area contributed by atoms with Gasteiger partial charge in [-0.15, -0.1) is 0 Å². The van der Waals surface area contributed by atoms with Gasteiger partial charge in [-0.05, 0) is 73.6 Å². The molecule has 2 aromatic rings. The highest BCUT2D eigenvalue weighted by molar-refractivity contribution is 5.93. The zero-order chi connectivity index (χ0) is 54.7. The molecule has 0 aliphatic carbocycles. The fraction of sp³-hybridized carbons (Fsp3) is 0.648. The van der Waals surface area contributed by atoms with E-state index in [9.17, 15) is 38.7 Å². The molecule has 1 heterocycles. The van der Waals surface area contributed by atoms with Crippen molar-refractivity contribution < 1.29 is 52.9 Å². The van der Waals surface area contributed by atoms with Crippen molar-refractivity contribution in [1.29, 1.82) is 0 Å². The fourth-order valence-corrected chi connectivity index (χ4v) is 9.64. The molecule has 408 valence electrons. The zero-order valence-corrected chi connectivity index (χ0v) is 45.5. The summed E-state index contributed by atoms with van der Waals surface area (Å²) in [5.74, 6) is -3.45. The van der Waals surface area contributed by atoms with E-state index >= 15 is 0 Å². The molecule has 0 bridgehead atoms. The molecule has 0 aromatic heterocycles. The van der Waals surface area contributed by atoms with Gasteiger partial charge in [0.2, 0.25) is 29.5 Å². The second-order valence-corrected chi connectivity index (χ2v) is 20.3. The molecular formula is C54H86N8O11. The number of anilines is 1. The Labute approximate surface area is 433 Å². The van der Waals surface area contributed by atoms with Gasteiger partial charge in [-0.25, -0.2) is 9.59 Å². The molecule has 0 spiro atoms. The van der Waals surface area contributed by atoms with Gasteiger partial charge in [0.05, 0.1) is 48.8 Å². The fourth-order valence-electron chi connectivity index (χ4n) is 9.64. The molecule has 11 atom stereocenters. The Morgan fingerprint density at radius 2 is 1.47 bits per heavy atom. The van der Waals surface area contributed by atoms with E-state index in [0.717, 1.165) is 0 Å². The van der Waals surface area contributed by atoms with Crippen LogP contribution in [0.4, 0.5) is 15.3 Å². The van der Waals surface area contributed by atoms with E-state index in [2.05, 4.69) is 21.3 Å². The van der Waals surface area contributed by atoms with E-state index in [1.807, 2.05) is 45.9 Å². The Hall–Kier alpha value is -5.79. The number of urea groups is 1. The van der Waals surface area contributed by atoms with Gasteiger partial charge in [-0.2, -0.15) is 0 Å². The lowest BCUT2D eigenvalue weighted by atomic mass is 9.89. The number of nitrogens with one attached hydrogen (secondary N) is 4. The van der Waals surface area contributed by atoms with Gasteiger partial charge in [0.15, 0.2) is 0 Å². The number of nitrogens with two attached hydrogens (primary N) is 1. The molecule has 3 rings (SSSR count). The topological polar surface area (TPSA) is 251 Å². The van der Waals surface area contributed by atoms with Crippen LogP contribution < -0.4 is 27.0 Å². The van der Waals surface area contributed by atoms with E-state index in [-0.39, 0.29) is 60.3 Å². The average Bonchev–Trinajstić information content (AvgIpc) is 3.85. The molecule has 1 aliphatic rings. The van der Waals surface area contributed by atoms with Gasteiger partial charge in [0.25, 0.3) is 0 Å². The van der Waals surface area contributed by atoms with Gasteiger partial charge in [-0.1, -0.05) is 104 Å². The van der Waals surface area contributed by atoms with E-state index in [1.54, 1.807) is 87.9 Å². The van der Waals surface area contributed by atoms with Crippen molar-refractivity contribution in [3.8, 4) is 0 Å². The molecule has 7 N–H and O–H groups in total. The minimum atomic E-state index is -1.00. The number of likely N-dealkylation sites (N-methyl/N-ethyl adjacent to an activating group) is 2. The second-order valence-electron chi connectivity index (χ2n) is 20.3. The lowest BCUT2D eigenvalue weighted by molar-refractivity contribution is -0.148. The summed E-state index contributed by atoms with van der Waals surface area (Å²) < 4.78 is 17.6. The number of carbonyl (C=O) groups excluding carboxylic acids is 7. The first-order chi connectivity index (χ1) is 34.5. The van der Waals surface area contributed by atoms with Crippen LogP contribution in [0.25, 0.3) is 0 Å². The van der Waals surface area contributed by atoms with E-state index < -0.39 is 72.5 Å². The van der Waals surface area contributed by atoms with Gasteiger partial charge >= 0.3 is 12.1 Å². The number of hydrogen-bond donors (Lipinski definition) is 6. The summed E-state index contributed by atoms with van der Waals surface area (Å²) in [7, 11) is 6.18. The van der Waals surface area contributed by atoms with Crippen LogP contribution in [-0.4, -0.2) is 145 Å². The molecule has 1 aliphatic heterocycles. The summed E-state index contributed by atoms with van der Waals surface area (Å²) in [5.41, 5.74) is 6.99. The zero-order valence-electron chi connectivity index (χ0n) is 45.5. The summed E-state index contributed by atoms with van der Waals surface area (Å²) in [6.07, 6.45) is 0.0298. The van der Waals surface area contributed by atoms with Crippen LogP contribution >= 0.6 is 0 Å². The van der Waals surface area contributed by atoms with E-state index in [0.29, 0.717) is 62.0 Å². The number of aliphatic hydroxyl groups excluding tert-OH is 1. The number of ether oxygens (including phenoxy) is 3. The normalized spacial score (nSPS) is 17.7. The maximum Gasteiger partial charge on any atom is 0.410 e. The Morgan fingerprint density at radius 1 is 0.822 bits per heavy atom. The van der Waals surface area contributed by atoms with Crippen LogP contribution in [0.15, 0.2) is 54.6 Å². The maximum absolute atomic E-state index is 14.7. The molecule has 1 fully saturated rings. The Kier molecular flexibility index (Phi) is 25.1. The third-order valence-electron chi connectivity index (χ3n) is 14.2. The lowest BCUT2D eigenvalue weighted by Gasteiger charge is -2.41. The van der Waals surface area contributed by atoms with Crippen LogP contribution in [0.2, 0.25) is 0 Å². The Bertz CT molecular complexity index is 2090. The number of aliphatic hydroxyl groups is 1. The van der Waals surface area contributed by atoms with Gasteiger partial charge < -0.3 is 56.1 Å². The van der Waals surface area contributed by atoms with Crippen molar-refractivity contribution in [3.63, 3.8) is 0 Å². The number of likely N-dealkylation sites (tertiary alicyclic amines) is 1. The quantitative estimate of drug-likeness (QED) is 0.0573. The summed E-state index contributed by atoms with van der Waals surface area (Å²) in [5, 5.41) is 22.2. The molecule has 2 aromatic carbocycles. The number of primary amides is 1. The summed E-state index contributed by atoms with van der Waals surface area (Å²) in [6, 6.07) is 11.7. The highest BCUT2D eigenvalue weighted by Crippen LogP contribution is 2.30. The van der Waals surface area contributed by atoms with E-state index in [1.165, 1.54) is 26.2 Å². The number of amides is 8. The molecule has 8 amide bonds. The molecule has 0 radical (unpaired) electrons. The first kappa shape index (κ1) is 61.5. The van der Waals surface area contributed by atoms with Crippen LogP contribution in [0.1, 0.15) is 118 Å². The summed E-state index contributed by atoms with van der Waals surface area (Å²) in [4.78, 5) is 98.4. The molecule has 19 nitrogen and oxygen atoms in total. The van der Waals surface area contributed by atoms with Crippen LogP contribution in [-0.2, 0) is 44.8 Å². The molecule has 0 saturated carbocycles. The third kappa shape index (κ3) is 17.7. The summed E-state index contributed by atoms with van der Waals surface area (Å²) >= 11 is 0. The van der Waals surface area contributed by atoms with Crippen LogP contribution in [0, 0.1) is 29.6 Å². The second kappa shape index (κ2) is 29.8. The summed E-state index contributed by atoms with van der Waals surface area (Å²) in [6.45, 7) is 17.3. The minimum absolute atomic E-state index is 0.0575.